The third-order valence-electron chi connectivity index (χ3n) is 5.49. The number of imide groups is 1. The van der Waals surface area contributed by atoms with E-state index in [1.54, 1.807) is 12.1 Å². The van der Waals surface area contributed by atoms with E-state index in [4.69, 9.17) is 0 Å². The molecule has 6 nitrogen and oxygen atoms in total. The molecule has 0 atom stereocenters. The average Bonchev–Trinajstić information content (AvgIpc) is 3.32. The number of carbonyl (C=O) groups is 2. The van der Waals surface area contributed by atoms with E-state index in [1.807, 2.05) is 66.0 Å². The van der Waals surface area contributed by atoms with E-state index in [9.17, 15) is 14.9 Å². The number of nitrogens with one attached hydrogen (secondary N) is 1. The lowest BCUT2D eigenvalue weighted by Crippen LogP contribution is -2.22. The van der Waals surface area contributed by atoms with Gasteiger partial charge in [0.1, 0.15) is 0 Å². The standard InChI is InChI=1S/C23H16N4O2/c1-26-11-16(14-5-3-4-6-18(14)26)20-21(23(29)25-22(20)28)17-12-27(2)19-9-13(10-24)7-8-15(17)19/h3-9,11-12H,1-2H3,(H,25,28,29). The molecule has 5 rings (SSSR count). The molecule has 0 fully saturated rings. The van der Waals surface area contributed by atoms with Gasteiger partial charge in [-0.05, 0) is 18.2 Å². The van der Waals surface area contributed by atoms with E-state index in [0.29, 0.717) is 22.3 Å². The van der Waals surface area contributed by atoms with Crippen LogP contribution in [0.3, 0.4) is 0 Å². The van der Waals surface area contributed by atoms with Crippen molar-refractivity contribution in [2.24, 2.45) is 14.1 Å². The average molecular weight is 380 g/mol. The lowest BCUT2D eigenvalue weighted by molar-refractivity contribution is -0.122. The van der Waals surface area contributed by atoms with Gasteiger partial charge in [0.05, 0.1) is 22.8 Å². The fourth-order valence-electron chi connectivity index (χ4n) is 4.16. The fourth-order valence-corrected chi connectivity index (χ4v) is 4.16. The van der Waals surface area contributed by atoms with Gasteiger partial charge in [0.2, 0.25) is 0 Å². The first-order chi connectivity index (χ1) is 14.0. The summed E-state index contributed by atoms with van der Waals surface area (Å²) in [5, 5.41) is 13.4. The van der Waals surface area contributed by atoms with Gasteiger partial charge in [-0.3, -0.25) is 14.9 Å². The molecule has 0 saturated carbocycles. The molecule has 2 amide bonds. The van der Waals surface area contributed by atoms with Gasteiger partial charge in [-0.15, -0.1) is 0 Å². The molecule has 0 bridgehead atoms. The molecule has 140 valence electrons. The quantitative estimate of drug-likeness (QED) is 0.543. The van der Waals surface area contributed by atoms with Crippen LogP contribution in [0.5, 0.6) is 0 Å². The number of para-hydroxylation sites is 1. The molecule has 0 spiro atoms. The molecular weight excluding hydrogens is 364 g/mol. The molecule has 29 heavy (non-hydrogen) atoms. The highest BCUT2D eigenvalue weighted by Gasteiger charge is 2.35. The van der Waals surface area contributed by atoms with Crippen LogP contribution in [-0.2, 0) is 23.7 Å². The van der Waals surface area contributed by atoms with Crippen molar-refractivity contribution in [3.05, 3.63) is 71.5 Å². The van der Waals surface area contributed by atoms with E-state index in [1.165, 1.54) is 0 Å². The van der Waals surface area contributed by atoms with Crippen LogP contribution in [0.1, 0.15) is 16.7 Å². The summed E-state index contributed by atoms with van der Waals surface area (Å²) in [6.07, 6.45) is 3.72. The summed E-state index contributed by atoms with van der Waals surface area (Å²) in [6, 6.07) is 15.3. The number of hydrogen-bond acceptors (Lipinski definition) is 3. The minimum atomic E-state index is -0.408. The van der Waals surface area contributed by atoms with Gasteiger partial charge in [0.15, 0.2) is 0 Å². The zero-order chi connectivity index (χ0) is 20.3. The van der Waals surface area contributed by atoms with Crippen LogP contribution in [0.2, 0.25) is 0 Å². The van der Waals surface area contributed by atoms with Gasteiger partial charge in [-0.1, -0.05) is 24.3 Å². The first-order valence-corrected chi connectivity index (χ1v) is 9.13. The Morgan fingerprint density at radius 2 is 1.41 bits per heavy atom. The summed E-state index contributed by atoms with van der Waals surface area (Å²) in [4.78, 5) is 25.6. The van der Waals surface area contributed by atoms with Gasteiger partial charge in [-0.2, -0.15) is 5.26 Å². The van der Waals surface area contributed by atoms with Crippen LogP contribution >= 0.6 is 0 Å². The van der Waals surface area contributed by atoms with Crippen LogP contribution in [0.25, 0.3) is 33.0 Å². The van der Waals surface area contributed by atoms with Crippen molar-refractivity contribution >= 4 is 44.8 Å². The Labute approximate surface area is 166 Å². The molecule has 4 aromatic rings. The molecule has 2 aromatic carbocycles. The maximum Gasteiger partial charge on any atom is 0.259 e. The lowest BCUT2D eigenvalue weighted by Gasteiger charge is -2.03. The number of benzene rings is 2. The van der Waals surface area contributed by atoms with Crippen molar-refractivity contribution in [1.82, 2.24) is 14.5 Å². The van der Waals surface area contributed by atoms with Crippen LogP contribution in [-0.4, -0.2) is 20.9 Å². The Balaban J connectivity index is 1.86. The monoisotopic (exact) mass is 380 g/mol. The topological polar surface area (TPSA) is 79.8 Å². The maximum atomic E-state index is 12.8. The van der Waals surface area contributed by atoms with Crippen molar-refractivity contribution < 1.29 is 9.59 Å². The van der Waals surface area contributed by atoms with Gasteiger partial charge >= 0.3 is 0 Å². The largest absolute Gasteiger partial charge is 0.350 e. The SMILES string of the molecule is Cn1cc(C2=C(c3cn(C)c4cc(C#N)ccc34)C(=O)NC2=O)c2ccccc21. The highest BCUT2D eigenvalue weighted by Crippen LogP contribution is 2.38. The molecule has 0 unspecified atom stereocenters. The van der Waals surface area contributed by atoms with E-state index in [0.717, 1.165) is 27.4 Å². The van der Waals surface area contributed by atoms with Crippen molar-refractivity contribution in [3.63, 3.8) is 0 Å². The predicted octanol–water partition coefficient (Wildman–Crippen LogP) is 3.11. The van der Waals surface area contributed by atoms with Crippen molar-refractivity contribution in [2.45, 2.75) is 0 Å². The van der Waals surface area contributed by atoms with Gasteiger partial charge in [0, 0.05) is 59.4 Å². The maximum absolute atomic E-state index is 12.8. The summed E-state index contributed by atoms with van der Waals surface area (Å²) in [6.45, 7) is 0. The summed E-state index contributed by atoms with van der Waals surface area (Å²) >= 11 is 0. The number of hydrogen-bond donors (Lipinski definition) is 1. The lowest BCUT2D eigenvalue weighted by atomic mass is 9.95. The third kappa shape index (κ3) is 2.34. The van der Waals surface area contributed by atoms with Gasteiger partial charge in [0.25, 0.3) is 11.8 Å². The van der Waals surface area contributed by atoms with Crippen molar-refractivity contribution in [3.8, 4) is 6.07 Å². The van der Waals surface area contributed by atoms with Crippen LogP contribution in [0.4, 0.5) is 0 Å². The molecule has 2 aromatic heterocycles. The van der Waals surface area contributed by atoms with E-state index in [-0.39, 0.29) is 0 Å². The Bertz CT molecular complexity index is 1440. The highest BCUT2D eigenvalue weighted by molar-refractivity contribution is 6.50. The van der Waals surface area contributed by atoms with E-state index < -0.39 is 11.8 Å². The number of fused-ring (bicyclic) bond motifs is 2. The molecule has 6 heteroatoms. The van der Waals surface area contributed by atoms with Gasteiger partial charge < -0.3 is 9.13 Å². The Hall–Kier alpha value is -4.11. The molecule has 1 aliphatic rings. The van der Waals surface area contributed by atoms with Crippen LogP contribution < -0.4 is 5.32 Å². The summed E-state index contributed by atoms with van der Waals surface area (Å²) in [7, 11) is 3.78. The number of amides is 2. The molecule has 0 radical (unpaired) electrons. The Morgan fingerprint density at radius 1 is 0.828 bits per heavy atom. The molecule has 1 N–H and O–H groups in total. The summed E-state index contributed by atoms with van der Waals surface area (Å²) in [5.41, 5.74) is 4.50. The molecule has 1 aliphatic heterocycles. The second-order valence-corrected chi connectivity index (χ2v) is 7.20. The smallest absolute Gasteiger partial charge is 0.259 e. The molecular formula is C23H16N4O2. The Morgan fingerprint density at radius 3 is 2.07 bits per heavy atom. The highest BCUT2D eigenvalue weighted by atomic mass is 16.2. The zero-order valence-electron chi connectivity index (χ0n) is 15.9. The number of nitrogens with zero attached hydrogens (tertiary/aromatic N) is 3. The minimum absolute atomic E-state index is 0.363. The minimum Gasteiger partial charge on any atom is -0.350 e. The number of aryl methyl sites for hydroxylation is 2. The van der Waals surface area contributed by atoms with Crippen LogP contribution in [0.15, 0.2) is 54.9 Å². The number of aromatic nitrogens is 2. The molecule has 3 heterocycles. The number of carbonyl (C=O) groups excluding carboxylic acids is 2. The molecule has 0 saturated heterocycles. The summed E-state index contributed by atoms with van der Waals surface area (Å²) < 4.78 is 3.82. The van der Waals surface area contributed by atoms with E-state index in [2.05, 4.69) is 11.4 Å². The van der Waals surface area contributed by atoms with Crippen molar-refractivity contribution in [2.75, 3.05) is 0 Å². The van der Waals surface area contributed by atoms with Crippen molar-refractivity contribution in [1.29, 1.82) is 5.26 Å². The number of rotatable bonds is 2. The zero-order valence-corrected chi connectivity index (χ0v) is 15.9. The summed E-state index contributed by atoms with van der Waals surface area (Å²) in [5.74, 6) is -0.804. The second-order valence-electron chi connectivity index (χ2n) is 7.20. The normalized spacial score (nSPS) is 14.1. The fraction of sp³-hybridized carbons (Fsp3) is 0.0870. The number of nitriles is 1. The van der Waals surface area contributed by atoms with E-state index >= 15 is 0 Å². The second kappa shape index (κ2) is 5.94. The van der Waals surface area contributed by atoms with Gasteiger partial charge in [-0.25, -0.2) is 0 Å². The Kier molecular flexibility index (Phi) is 3.49. The first kappa shape index (κ1) is 17.0. The predicted molar refractivity (Wildman–Crippen MR) is 111 cm³/mol. The third-order valence-corrected chi connectivity index (χ3v) is 5.49. The molecule has 0 aliphatic carbocycles. The van der Waals surface area contributed by atoms with Crippen LogP contribution in [0, 0.1) is 11.3 Å². The first-order valence-electron chi connectivity index (χ1n) is 9.13.